The first kappa shape index (κ1) is 21.3. The van der Waals surface area contributed by atoms with Crippen LogP contribution in [-0.4, -0.2) is 61.0 Å². The summed E-state index contributed by atoms with van der Waals surface area (Å²) in [6.45, 7) is 1.84. The van der Waals surface area contributed by atoms with Crippen molar-refractivity contribution in [1.29, 1.82) is 0 Å². The predicted octanol–water partition coefficient (Wildman–Crippen LogP) is 1.67. The van der Waals surface area contributed by atoms with Crippen molar-refractivity contribution in [1.82, 2.24) is 19.2 Å². The molecule has 0 saturated carbocycles. The second-order valence-electron chi connectivity index (χ2n) is 7.18. The van der Waals surface area contributed by atoms with E-state index in [1.807, 2.05) is 23.9 Å². The molecule has 164 valence electrons. The molecule has 1 aliphatic heterocycles. The van der Waals surface area contributed by atoms with Crippen molar-refractivity contribution in [2.45, 2.75) is 11.3 Å². The summed E-state index contributed by atoms with van der Waals surface area (Å²) in [6, 6.07) is 9.64. The quantitative estimate of drug-likeness (QED) is 0.594. The van der Waals surface area contributed by atoms with Crippen molar-refractivity contribution in [2.24, 2.45) is 7.05 Å². The Bertz CT molecular complexity index is 1130. The average Bonchev–Trinajstić information content (AvgIpc) is 3.44. The fraction of sp³-hybridized carbons (Fsp3) is 0.333. The van der Waals surface area contributed by atoms with Gasteiger partial charge < -0.3 is 19.0 Å². The van der Waals surface area contributed by atoms with Crippen LogP contribution in [0.2, 0.25) is 0 Å². The van der Waals surface area contributed by atoms with Crippen LogP contribution < -0.4 is 5.32 Å². The molecule has 3 heterocycles. The lowest BCUT2D eigenvalue weighted by atomic mass is 10.2. The van der Waals surface area contributed by atoms with Gasteiger partial charge in [0.05, 0.1) is 24.4 Å². The Hall–Kier alpha value is -2.95. The minimum atomic E-state index is -3.58. The van der Waals surface area contributed by atoms with E-state index in [2.05, 4.69) is 10.3 Å². The number of rotatable bonds is 7. The number of furan rings is 1. The number of nitrogens with zero attached hydrogens (tertiary/aromatic N) is 3. The molecule has 0 atom stereocenters. The molecule has 1 aromatic carbocycles. The molecule has 3 aromatic rings. The SMILES string of the molecule is Cn1cc(-c2ccco2)nc1CCNC(=O)c1ccc(S(=O)(=O)N2CCOCC2)cc1. The third kappa shape index (κ3) is 4.71. The molecule has 0 aliphatic carbocycles. The molecule has 1 saturated heterocycles. The Morgan fingerprint density at radius 1 is 1.16 bits per heavy atom. The van der Waals surface area contributed by atoms with Gasteiger partial charge >= 0.3 is 0 Å². The number of nitrogens with one attached hydrogen (secondary N) is 1. The van der Waals surface area contributed by atoms with Gasteiger partial charge in [0.1, 0.15) is 11.5 Å². The van der Waals surface area contributed by atoms with Crippen LogP contribution in [0, 0.1) is 0 Å². The largest absolute Gasteiger partial charge is 0.463 e. The summed E-state index contributed by atoms with van der Waals surface area (Å²) in [5.74, 6) is 1.24. The highest BCUT2D eigenvalue weighted by molar-refractivity contribution is 7.89. The van der Waals surface area contributed by atoms with Gasteiger partial charge in [-0.3, -0.25) is 4.79 Å². The highest BCUT2D eigenvalue weighted by atomic mass is 32.2. The van der Waals surface area contributed by atoms with E-state index >= 15 is 0 Å². The number of amides is 1. The van der Waals surface area contributed by atoms with E-state index in [0.29, 0.717) is 50.6 Å². The summed E-state index contributed by atoms with van der Waals surface area (Å²) in [5.41, 5.74) is 1.14. The molecule has 1 amide bonds. The Morgan fingerprint density at radius 3 is 2.58 bits per heavy atom. The van der Waals surface area contributed by atoms with Crippen molar-refractivity contribution in [3.05, 3.63) is 60.2 Å². The van der Waals surface area contributed by atoms with Gasteiger partial charge in [-0.2, -0.15) is 4.31 Å². The van der Waals surface area contributed by atoms with Gasteiger partial charge in [0.2, 0.25) is 10.0 Å². The zero-order valence-corrected chi connectivity index (χ0v) is 18.0. The van der Waals surface area contributed by atoms with Crippen LogP contribution in [0.15, 0.2) is 58.2 Å². The molecule has 0 unspecified atom stereocenters. The first-order chi connectivity index (χ1) is 14.9. The highest BCUT2D eigenvalue weighted by Crippen LogP contribution is 2.19. The molecule has 10 heteroatoms. The van der Waals surface area contributed by atoms with Crippen LogP contribution in [0.3, 0.4) is 0 Å². The number of sulfonamides is 1. The number of carbonyl (C=O) groups excluding carboxylic acids is 1. The Kier molecular flexibility index (Phi) is 6.21. The van der Waals surface area contributed by atoms with Crippen LogP contribution in [-0.2, 0) is 28.2 Å². The first-order valence-corrected chi connectivity index (χ1v) is 11.4. The van der Waals surface area contributed by atoms with Crippen LogP contribution in [0.25, 0.3) is 11.5 Å². The van der Waals surface area contributed by atoms with Crippen molar-refractivity contribution >= 4 is 15.9 Å². The first-order valence-electron chi connectivity index (χ1n) is 9.97. The average molecular weight is 445 g/mol. The maximum atomic E-state index is 12.7. The van der Waals surface area contributed by atoms with Gasteiger partial charge in [-0.1, -0.05) is 0 Å². The van der Waals surface area contributed by atoms with Gasteiger partial charge in [-0.25, -0.2) is 13.4 Å². The van der Waals surface area contributed by atoms with E-state index in [4.69, 9.17) is 9.15 Å². The molecule has 9 nitrogen and oxygen atoms in total. The molecule has 31 heavy (non-hydrogen) atoms. The summed E-state index contributed by atoms with van der Waals surface area (Å²) >= 11 is 0. The predicted molar refractivity (Wildman–Crippen MR) is 113 cm³/mol. The number of carbonyl (C=O) groups is 1. The highest BCUT2D eigenvalue weighted by Gasteiger charge is 2.26. The van der Waals surface area contributed by atoms with E-state index in [0.717, 1.165) is 11.5 Å². The maximum absolute atomic E-state index is 12.7. The molecule has 0 bridgehead atoms. The number of aryl methyl sites for hydroxylation is 1. The Morgan fingerprint density at radius 2 is 1.90 bits per heavy atom. The lowest BCUT2D eigenvalue weighted by Crippen LogP contribution is -2.40. The van der Waals surface area contributed by atoms with Gasteiger partial charge in [0.15, 0.2) is 5.76 Å². The van der Waals surface area contributed by atoms with Crippen molar-refractivity contribution in [2.75, 3.05) is 32.8 Å². The number of morpholine rings is 1. The number of benzene rings is 1. The van der Waals surface area contributed by atoms with Crippen LogP contribution in [0.5, 0.6) is 0 Å². The lowest BCUT2D eigenvalue weighted by molar-refractivity contribution is 0.0730. The van der Waals surface area contributed by atoms with Crippen LogP contribution in [0.4, 0.5) is 0 Å². The number of hydrogen-bond donors (Lipinski definition) is 1. The number of aromatic nitrogens is 2. The minimum Gasteiger partial charge on any atom is -0.463 e. The van der Waals surface area contributed by atoms with Gasteiger partial charge in [0.25, 0.3) is 5.91 Å². The van der Waals surface area contributed by atoms with Crippen LogP contribution >= 0.6 is 0 Å². The second-order valence-corrected chi connectivity index (χ2v) is 9.12. The van der Waals surface area contributed by atoms with E-state index in [1.165, 1.54) is 28.6 Å². The smallest absolute Gasteiger partial charge is 0.251 e. The lowest BCUT2D eigenvalue weighted by Gasteiger charge is -2.26. The molecule has 0 radical (unpaired) electrons. The summed E-state index contributed by atoms with van der Waals surface area (Å²) in [5, 5.41) is 2.85. The van der Waals surface area contributed by atoms with Crippen molar-refractivity contribution in [3.8, 4) is 11.5 Å². The fourth-order valence-electron chi connectivity index (χ4n) is 3.38. The van der Waals surface area contributed by atoms with Crippen molar-refractivity contribution < 1.29 is 22.4 Å². The van der Waals surface area contributed by atoms with Gasteiger partial charge in [-0.15, -0.1) is 0 Å². The third-order valence-corrected chi connectivity index (χ3v) is 7.02. The molecular formula is C21H24N4O5S. The summed E-state index contributed by atoms with van der Waals surface area (Å²) in [4.78, 5) is 17.2. The summed E-state index contributed by atoms with van der Waals surface area (Å²) in [7, 11) is -1.68. The fourth-order valence-corrected chi connectivity index (χ4v) is 4.79. The van der Waals surface area contributed by atoms with E-state index in [9.17, 15) is 13.2 Å². The Labute approximate surface area is 180 Å². The summed E-state index contributed by atoms with van der Waals surface area (Å²) < 4.78 is 39.2. The molecular weight excluding hydrogens is 420 g/mol. The molecule has 0 spiro atoms. The topological polar surface area (TPSA) is 107 Å². The second kappa shape index (κ2) is 9.04. The number of hydrogen-bond acceptors (Lipinski definition) is 6. The Balaban J connectivity index is 1.34. The number of imidazole rings is 1. The molecule has 1 N–H and O–H groups in total. The van der Waals surface area contributed by atoms with Gasteiger partial charge in [-0.05, 0) is 36.4 Å². The van der Waals surface area contributed by atoms with E-state index in [1.54, 1.807) is 12.3 Å². The molecule has 4 rings (SSSR count). The normalized spacial score (nSPS) is 15.1. The minimum absolute atomic E-state index is 0.171. The molecule has 1 fully saturated rings. The van der Waals surface area contributed by atoms with Crippen molar-refractivity contribution in [3.63, 3.8) is 0 Å². The number of ether oxygens (including phenoxy) is 1. The standard InChI is InChI=1S/C21H24N4O5S/c1-24-15-18(19-3-2-12-30-19)23-20(24)8-9-22-21(26)16-4-6-17(7-5-16)31(27,28)25-10-13-29-14-11-25/h2-7,12,15H,8-11,13-14H2,1H3,(H,22,26). The van der Waals surface area contributed by atoms with E-state index in [-0.39, 0.29) is 10.8 Å². The molecule has 1 aliphatic rings. The van der Waals surface area contributed by atoms with E-state index < -0.39 is 10.0 Å². The zero-order chi connectivity index (χ0) is 21.8. The van der Waals surface area contributed by atoms with Gasteiger partial charge in [0, 0.05) is 44.9 Å². The monoisotopic (exact) mass is 444 g/mol. The third-order valence-electron chi connectivity index (χ3n) is 5.10. The van der Waals surface area contributed by atoms with Crippen LogP contribution in [0.1, 0.15) is 16.2 Å². The zero-order valence-electron chi connectivity index (χ0n) is 17.2. The summed E-state index contributed by atoms with van der Waals surface area (Å²) in [6.07, 6.45) is 4.03. The maximum Gasteiger partial charge on any atom is 0.251 e. The molecule has 2 aromatic heterocycles.